The molecule has 8 heteroatoms. The molecule has 1 saturated carbocycles. The molecule has 0 spiro atoms. The van der Waals surface area contributed by atoms with Crippen LogP contribution in [0.2, 0.25) is 0 Å². The van der Waals surface area contributed by atoms with Gasteiger partial charge in [-0.15, -0.1) is 0 Å². The first-order chi connectivity index (χ1) is 13.1. The Morgan fingerprint density at radius 2 is 1.93 bits per heavy atom. The summed E-state index contributed by atoms with van der Waals surface area (Å²) in [5, 5.41) is 0.183. The highest BCUT2D eigenvalue weighted by atomic mass is 16.5. The molecule has 2 heterocycles. The number of pyridine rings is 1. The Bertz CT molecular complexity index is 1130. The van der Waals surface area contributed by atoms with E-state index in [0.29, 0.717) is 18.1 Å². The predicted octanol–water partition coefficient (Wildman–Crippen LogP) is 2.04. The summed E-state index contributed by atoms with van der Waals surface area (Å²) in [4.78, 5) is 43.1. The number of H-pyrrole nitrogens is 1. The van der Waals surface area contributed by atoms with E-state index in [1.807, 2.05) is 6.92 Å². The third kappa shape index (κ3) is 3.33. The molecule has 0 aliphatic heterocycles. The number of nitrogens with zero attached hydrogens (tertiary/aromatic N) is 2. The van der Waals surface area contributed by atoms with Crippen molar-refractivity contribution in [1.29, 1.82) is 0 Å². The van der Waals surface area contributed by atoms with Gasteiger partial charge in [0.1, 0.15) is 17.1 Å². The molecule has 4 rings (SSSR count). The van der Waals surface area contributed by atoms with Crippen LogP contribution in [0, 0.1) is 0 Å². The summed E-state index contributed by atoms with van der Waals surface area (Å²) in [7, 11) is 0. The zero-order valence-corrected chi connectivity index (χ0v) is 14.6. The fourth-order valence-corrected chi connectivity index (χ4v) is 2.86. The van der Waals surface area contributed by atoms with Crippen LogP contribution in [-0.2, 0) is 0 Å². The molecule has 1 aliphatic carbocycles. The number of aromatic nitrogens is 3. The van der Waals surface area contributed by atoms with Gasteiger partial charge in [0, 0.05) is 12.2 Å². The molecule has 0 saturated heterocycles. The smallest absolute Gasteiger partial charge is 0.345 e. The number of fused-ring (bicyclic) bond motifs is 1. The number of esters is 1. The van der Waals surface area contributed by atoms with Gasteiger partial charge in [-0.2, -0.15) is 0 Å². The molecule has 0 atom stereocenters. The maximum absolute atomic E-state index is 12.4. The summed E-state index contributed by atoms with van der Waals surface area (Å²) in [5.74, 6) is 0.381. The molecule has 1 fully saturated rings. The highest BCUT2D eigenvalue weighted by Crippen LogP contribution is 2.34. The minimum atomic E-state index is -0.642. The SMILES string of the molecule is CCOc1ccc(OC(=O)c2cnc3c(c2)c(=O)[nH]c(=O)n3C2CC2)cc1. The summed E-state index contributed by atoms with van der Waals surface area (Å²) in [5.41, 5.74) is -0.644. The molecule has 138 valence electrons. The number of ether oxygens (including phenoxy) is 2. The lowest BCUT2D eigenvalue weighted by molar-refractivity contribution is 0.0734. The Balaban J connectivity index is 1.64. The third-order valence-electron chi connectivity index (χ3n) is 4.27. The highest BCUT2D eigenvalue weighted by Gasteiger charge is 2.28. The normalized spacial score (nSPS) is 13.5. The van der Waals surface area contributed by atoms with Crippen molar-refractivity contribution in [2.45, 2.75) is 25.8 Å². The topological polar surface area (TPSA) is 103 Å². The van der Waals surface area contributed by atoms with E-state index in [2.05, 4.69) is 9.97 Å². The first kappa shape index (κ1) is 17.0. The van der Waals surface area contributed by atoms with Gasteiger partial charge in [-0.25, -0.2) is 14.6 Å². The number of benzene rings is 1. The summed E-state index contributed by atoms with van der Waals surface area (Å²) in [6.45, 7) is 2.42. The van der Waals surface area contributed by atoms with Gasteiger partial charge < -0.3 is 9.47 Å². The molecule has 8 nitrogen and oxygen atoms in total. The van der Waals surface area contributed by atoms with E-state index in [9.17, 15) is 14.4 Å². The summed E-state index contributed by atoms with van der Waals surface area (Å²) < 4.78 is 12.1. The van der Waals surface area contributed by atoms with Gasteiger partial charge in [-0.05, 0) is 50.1 Å². The number of nitrogens with one attached hydrogen (secondary N) is 1. The van der Waals surface area contributed by atoms with E-state index >= 15 is 0 Å². The minimum Gasteiger partial charge on any atom is -0.494 e. The summed E-state index contributed by atoms with van der Waals surface area (Å²) in [6.07, 6.45) is 3.05. The summed E-state index contributed by atoms with van der Waals surface area (Å²) >= 11 is 0. The van der Waals surface area contributed by atoms with Crippen LogP contribution >= 0.6 is 0 Å². The van der Waals surface area contributed by atoms with Gasteiger partial charge in [0.2, 0.25) is 0 Å². The molecule has 1 aliphatic rings. The van der Waals surface area contributed by atoms with Crippen LogP contribution in [0.15, 0.2) is 46.1 Å². The number of hydrogen-bond acceptors (Lipinski definition) is 6. The fourth-order valence-electron chi connectivity index (χ4n) is 2.86. The zero-order valence-electron chi connectivity index (χ0n) is 14.6. The Kier molecular flexibility index (Phi) is 4.23. The maximum atomic E-state index is 12.4. The van der Waals surface area contributed by atoms with Crippen LogP contribution in [0.4, 0.5) is 0 Å². The van der Waals surface area contributed by atoms with Crippen molar-refractivity contribution in [2.75, 3.05) is 6.61 Å². The second-order valence-corrected chi connectivity index (χ2v) is 6.25. The fraction of sp³-hybridized carbons (Fsp3) is 0.263. The summed E-state index contributed by atoms with van der Waals surface area (Å²) in [6, 6.07) is 8.08. The zero-order chi connectivity index (χ0) is 19.0. The van der Waals surface area contributed by atoms with E-state index in [4.69, 9.17) is 9.47 Å². The Hall–Kier alpha value is -3.42. The molecule has 1 N–H and O–H groups in total. The van der Waals surface area contributed by atoms with Crippen molar-refractivity contribution in [2.24, 2.45) is 0 Å². The maximum Gasteiger partial charge on any atom is 0.345 e. The van der Waals surface area contributed by atoms with Crippen molar-refractivity contribution >= 4 is 17.0 Å². The van der Waals surface area contributed by atoms with Gasteiger partial charge >= 0.3 is 11.7 Å². The molecule has 2 aromatic heterocycles. The van der Waals surface area contributed by atoms with Crippen molar-refractivity contribution in [3.05, 3.63) is 62.9 Å². The Morgan fingerprint density at radius 1 is 1.22 bits per heavy atom. The lowest BCUT2D eigenvalue weighted by Crippen LogP contribution is -2.30. The van der Waals surface area contributed by atoms with Gasteiger partial charge in [-0.1, -0.05) is 0 Å². The number of carbonyl (C=O) groups is 1. The molecule has 3 aromatic rings. The number of carbonyl (C=O) groups excluding carboxylic acids is 1. The van der Waals surface area contributed by atoms with Gasteiger partial charge in [0.05, 0.1) is 17.6 Å². The number of hydrogen-bond donors (Lipinski definition) is 1. The molecule has 0 unspecified atom stereocenters. The van der Waals surface area contributed by atoms with Crippen LogP contribution in [-0.4, -0.2) is 27.1 Å². The monoisotopic (exact) mass is 367 g/mol. The highest BCUT2D eigenvalue weighted by molar-refractivity contribution is 5.94. The second-order valence-electron chi connectivity index (χ2n) is 6.25. The third-order valence-corrected chi connectivity index (χ3v) is 4.27. The molecular formula is C19H17N3O5. The predicted molar refractivity (Wildman–Crippen MR) is 97.5 cm³/mol. The van der Waals surface area contributed by atoms with Crippen molar-refractivity contribution in [3.8, 4) is 11.5 Å². The second kappa shape index (κ2) is 6.71. The molecule has 0 bridgehead atoms. The van der Waals surface area contributed by atoms with E-state index in [0.717, 1.165) is 12.8 Å². The van der Waals surface area contributed by atoms with Crippen molar-refractivity contribution < 1.29 is 14.3 Å². The van der Waals surface area contributed by atoms with E-state index in [1.54, 1.807) is 24.3 Å². The standard InChI is InChI=1S/C19H17N3O5/c1-2-26-13-5-7-14(8-6-13)27-18(24)11-9-15-16(20-10-11)22(12-3-4-12)19(25)21-17(15)23/h5-10,12H,2-4H2,1H3,(H,21,23,25). The molecule has 0 amide bonds. The lowest BCUT2D eigenvalue weighted by atomic mass is 10.2. The molecule has 27 heavy (non-hydrogen) atoms. The van der Waals surface area contributed by atoms with Crippen LogP contribution in [0.5, 0.6) is 11.5 Å². The van der Waals surface area contributed by atoms with E-state index in [1.165, 1.54) is 16.8 Å². The first-order valence-electron chi connectivity index (χ1n) is 8.66. The van der Waals surface area contributed by atoms with Crippen molar-refractivity contribution in [3.63, 3.8) is 0 Å². The molecule has 1 aromatic carbocycles. The average molecular weight is 367 g/mol. The first-order valence-corrected chi connectivity index (χ1v) is 8.66. The minimum absolute atomic E-state index is 0.0472. The van der Waals surface area contributed by atoms with Gasteiger partial charge in [-0.3, -0.25) is 14.3 Å². The van der Waals surface area contributed by atoms with Crippen LogP contribution in [0.3, 0.4) is 0 Å². The number of aromatic amines is 1. The van der Waals surface area contributed by atoms with Gasteiger partial charge in [0.15, 0.2) is 0 Å². The quantitative estimate of drug-likeness (QED) is 0.547. The van der Waals surface area contributed by atoms with Crippen molar-refractivity contribution in [1.82, 2.24) is 14.5 Å². The average Bonchev–Trinajstić information content (AvgIpc) is 3.48. The van der Waals surface area contributed by atoms with Crippen LogP contribution in [0.25, 0.3) is 11.0 Å². The largest absolute Gasteiger partial charge is 0.494 e. The van der Waals surface area contributed by atoms with E-state index < -0.39 is 17.2 Å². The van der Waals surface area contributed by atoms with Gasteiger partial charge in [0.25, 0.3) is 5.56 Å². The Morgan fingerprint density at radius 3 is 2.59 bits per heavy atom. The number of rotatable bonds is 5. The van der Waals surface area contributed by atoms with Crippen LogP contribution in [0.1, 0.15) is 36.2 Å². The van der Waals surface area contributed by atoms with E-state index in [-0.39, 0.29) is 22.6 Å². The van der Waals surface area contributed by atoms with Crippen LogP contribution < -0.4 is 20.7 Å². The molecule has 0 radical (unpaired) electrons. The Labute approximate surface area is 153 Å². The lowest BCUT2D eigenvalue weighted by Gasteiger charge is -2.09. The molecular weight excluding hydrogens is 350 g/mol.